The highest BCUT2D eigenvalue weighted by atomic mass is 16.3. The Bertz CT molecular complexity index is 1000. The van der Waals surface area contributed by atoms with Crippen LogP contribution in [0.2, 0.25) is 0 Å². The molecule has 2 aliphatic rings. The van der Waals surface area contributed by atoms with Gasteiger partial charge in [0.25, 0.3) is 5.91 Å². The fraction of sp³-hybridized carbons (Fsp3) is 0.273. The highest BCUT2D eigenvalue weighted by molar-refractivity contribution is 6.07. The highest BCUT2D eigenvalue weighted by Crippen LogP contribution is 2.37. The van der Waals surface area contributed by atoms with E-state index in [9.17, 15) is 14.7 Å². The Labute approximate surface area is 169 Å². The van der Waals surface area contributed by atoms with E-state index >= 15 is 0 Å². The summed E-state index contributed by atoms with van der Waals surface area (Å²) in [7, 11) is 3.99. The van der Waals surface area contributed by atoms with Crippen molar-refractivity contribution in [2.24, 2.45) is 0 Å². The smallest absolute Gasteiger partial charge is 0.322 e. The number of benzene rings is 2. The van der Waals surface area contributed by atoms with Gasteiger partial charge < -0.3 is 20.2 Å². The first-order valence-electron chi connectivity index (χ1n) is 9.42. The first-order chi connectivity index (χ1) is 13.8. The van der Waals surface area contributed by atoms with E-state index in [1.54, 1.807) is 12.1 Å². The Morgan fingerprint density at radius 2 is 1.90 bits per heavy atom. The van der Waals surface area contributed by atoms with Crippen LogP contribution in [0.1, 0.15) is 22.3 Å². The number of carbonyl (C=O) groups is 2. The van der Waals surface area contributed by atoms with Crippen LogP contribution in [0, 0.1) is 0 Å². The summed E-state index contributed by atoms with van der Waals surface area (Å²) in [6.07, 6.45) is 0. The van der Waals surface area contributed by atoms with E-state index < -0.39 is 11.6 Å². The van der Waals surface area contributed by atoms with Crippen molar-refractivity contribution in [2.45, 2.75) is 18.6 Å². The summed E-state index contributed by atoms with van der Waals surface area (Å²) < 4.78 is 0. The molecule has 2 aromatic rings. The van der Waals surface area contributed by atoms with Gasteiger partial charge in [0.05, 0.1) is 6.54 Å². The Hall–Kier alpha value is -3.32. The predicted molar refractivity (Wildman–Crippen MR) is 110 cm³/mol. The quantitative estimate of drug-likeness (QED) is 0.678. The maximum atomic E-state index is 12.9. The molecule has 0 unspecified atom stereocenters. The molecule has 29 heavy (non-hydrogen) atoms. The van der Waals surface area contributed by atoms with Crippen LogP contribution < -0.4 is 10.6 Å². The van der Waals surface area contributed by atoms with E-state index in [1.807, 2.05) is 49.3 Å². The predicted octanol–water partition coefficient (Wildman–Crippen LogP) is 1.97. The van der Waals surface area contributed by atoms with Crippen LogP contribution in [0.25, 0.3) is 5.70 Å². The van der Waals surface area contributed by atoms with Crippen LogP contribution in [-0.4, -0.2) is 47.5 Å². The lowest BCUT2D eigenvalue weighted by atomic mass is 9.88. The van der Waals surface area contributed by atoms with E-state index in [4.69, 9.17) is 0 Å². The monoisotopic (exact) mass is 392 g/mol. The fourth-order valence-electron chi connectivity index (χ4n) is 4.04. The third-order valence-electron chi connectivity index (χ3n) is 5.46. The molecule has 0 bridgehead atoms. The third-order valence-corrected chi connectivity index (χ3v) is 5.46. The molecule has 0 aromatic heterocycles. The number of nitrogens with one attached hydrogen (secondary N) is 2. The molecule has 2 aromatic carbocycles. The summed E-state index contributed by atoms with van der Waals surface area (Å²) in [6.45, 7) is 5.72. The molecular formula is C22H24N4O3. The number of phenols is 1. The molecule has 0 saturated carbocycles. The molecule has 7 nitrogen and oxygen atoms in total. The van der Waals surface area contributed by atoms with E-state index in [0.29, 0.717) is 12.2 Å². The number of nitrogens with zero attached hydrogens (tertiary/aromatic N) is 2. The number of hydrogen-bond donors (Lipinski definition) is 3. The largest absolute Gasteiger partial charge is 0.508 e. The van der Waals surface area contributed by atoms with Gasteiger partial charge in [-0.2, -0.15) is 0 Å². The van der Waals surface area contributed by atoms with Gasteiger partial charge in [0, 0.05) is 24.4 Å². The van der Waals surface area contributed by atoms with Gasteiger partial charge in [-0.05, 0) is 42.9 Å². The van der Waals surface area contributed by atoms with E-state index in [2.05, 4.69) is 22.1 Å². The van der Waals surface area contributed by atoms with Crippen LogP contribution in [0.3, 0.4) is 0 Å². The van der Waals surface area contributed by atoms with Crippen molar-refractivity contribution in [3.63, 3.8) is 0 Å². The second kappa shape index (κ2) is 6.93. The van der Waals surface area contributed by atoms with E-state index in [1.165, 1.54) is 0 Å². The molecule has 3 amide bonds. The maximum absolute atomic E-state index is 12.9. The average molecular weight is 392 g/mol. The lowest BCUT2D eigenvalue weighted by Gasteiger charge is -2.33. The number of aromatic hydroxyl groups is 1. The van der Waals surface area contributed by atoms with Crippen LogP contribution in [0.15, 0.2) is 49.0 Å². The number of phenolic OH excluding ortho intramolecular Hbond substituents is 1. The van der Waals surface area contributed by atoms with E-state index in [-0.39, 0.29) is 18.2 Å². The van der Waals surface area contributed by atoms with Crippen LogP contribution in [-0.2, 0) is 23.4 Å². The number of urea groups is 1. The van der Waals surface area contributed by atoms with Gasteiger partial charge in [-0.15, -0.1) is 0 Å². The van der Waals surface area contributed by atoms with Crippen molar-refractivity contribution >= 4 is 17.6 Å². The summed E-state index contributed by atoms with van der Waals surface area (Å²) in [5, 5.41) is 15.0. The zero-order valence-electron chi connectivity index (χ0n) is 16.5. The number of imide groups is 1. The first kappa shape index (κ1) is 19.0. The Morgan fingerprint density at radius 1 is 1.17 bits per heavy atom. The molecule has 1 fully saturated rings. The molecule has 7 heteroatoms. The SMILES string of the molecule is C=C1c2cc(O)ccc2CN1C[C@@]1(c2ccc(CN(C)C)cc2)NC(=O)NC1=O. The number of rotatable bonds is 5. The minimum atomic E-state index is -1.21. The molecule has 4 rings (SSSR count). The topological polar surface area (TPSA) is 84.9 Å². The molecular weight excluding hydrogens is 368 g/mol. The van der Waals surface area contributed by atoms with Gasteiger partial charge in [0.2, 0.25) is 0 Å². The zero-order chi connectivity index (χ0) is 20.8. The molecule has 2 heterocycles. The first-order valence-corrected chi connectivity index (χ1v) is 9.42. The van der Waals surface area contributed by atoms with Crippen LogP contribution in [0.4, 0.5) is 4.79 Å². The minimum absolute atomic E-state index is 0.171. The van der Waals surface area contributed by atoms with Crippen molar-refractivity contribution < 1.29 is 14.7 Å². The number of hydrogen-bond acceptors (Lipinski definition) is 5. The standard InChI is InChI=1S/C22H24N4O3/c1-14-19-10-18(27)9-6-16(19)12-26(14)13-22(20(28)23-21(29)24-22)17-7-4-15(5-8-17)11-25(2)3/h4-10,27H,1,11-13H2,2-3H3,(H2,23,24,28,29)/t22-/m0/s1. The zero-order valence-corrected chi connectivity index (χ0v) is 16.5. The Balaban J connectivity index is 1.66. The van der Waals surface area contributed by atoms with Crippen molar-refractivity contribution in [3.05, 3.63) is 71.3 Å². The molecule has 0 aliphatic carbocycles. The summed E-state index contributed by atoms with van der Waals surface area (Å²) in [5.41, 5.74) is 3.22. The van der Waals surface area contributed by atoms with Gasteiger partial charge in [-0.25, -0.2) is 4.79 Å². The third kappa shape index (κ3) is 3.34. The van der Waals surface area contributed by atoms with Crippen LogP contribution >= 0.6 is 0 Å². The fourth-order valence-corrected chi connectivity index (χ4v) is 4.04. The van der Waals surface area contributed by atoms with Gasteiger partial charge in [-0.1, -0.05) is 36.9 Å². The number of amides is 3. The Morgan fingerprint density at radius 3 is 2.52 bits per heavy atom. The average Bonchev–Trinajstić information content (AvgIpc) is 3.12. The summed E-state index contributed by atoms with van der Waals surface area (Å²) in [4.78, 5) is 29.0. The molecule has 1 saturated heterocycles. The highest BCUT2D eigenvalue weighted by Gasteiger charge is 2.49. The summed E-state index contributed by atoms with van der Waals surface area (Å²) in [5.74, 6) is -0.209. The molecule has 2 aliphatic heterocycles. The van der Waals surface area contributed by atoms with Gasteiger partial charge >= 0.3 is 6.03 Å². The second-order valence-electron chi connectivity index (χ2n) is 7.89. The lowest BCUT2D eigenvalue weighted by Crippen LogP contribution is -2.51. The van der Waals surface area contributed by atoms with Crippen LogP contribution in [0.5, 0.6) is 5.75 Å². The molecule has 150 valence electrons. The summed E-state index contributed by atoms with van der Waals surface area (Å²) >= 11 is 0. The van der Waals surface area contributed by atoms with Crippen molar-refractivity contribution in [2.75, 3.05) is 20.6 Å². The molecule has 0 spiro atoms. The van der Waals surface area contributed by atoms with Crippen molar-refractivity contribution in [3.8, 4) is 5.75 Å². The maximum Gasteiger partial charge on any atom is 0.322 e. The minimum Gasteiger partial charge on any atom is -0.508 e. The normalized spacial score (nSPS) is 20.8. The molecule has 3 N–H and O–H groups in total. The second-order valence-corrected chi connectivity index (χ2v) is 7.89. The van der Waals surface area contributed by atoms with Crippen molar-refractivity contribution in [1.29, 1.82) is 0 Å². The molecule has 0 radical (unpaired) electrons. The van der Waals surface area contributed by atoms with Crippen molar-refractivity contribution in [1.82, 2.24) is 20.4 Å². The Kier molecular flexibility index (Phi) is 4.55. The lowest BCUT2D eigenvalue weighted by molar-refractivity contribution is -0.124. The number of fused-ring (bicyclic) bond motifs is 1. The van der Waals surface area contributed by atoms with Gasteiger partial charge in [-0.3, -0.25) is 10.1 Å². The molecule has 1 atom stereocenters. The van der Waals surface area contributed by atoms with Gasteiger partial charge in [0.1, 0.15) is 5.75 Å². The number of carbonyl (C=O) groups excluding carboxylic acids is 2. The van der Waals surface area contributed by atoms with E-state index in [0.717, 1.165) is 28.8 Å². The summed E-state index contributed by atoms with van der Waals surface area (Å²) in [6, 6.07) is 12.4. The van der Waals surface area contributed by atoms with Gasteiger partial charge in [0.15, 0.2) is 5.54 Å².